The third-order valence-corrected chi connectivity index (χ3v) is 16.6. The lowest BCUT2D eigenvalue weighted by Gasteiger charge is -2.26. The SMILES string of the molecule is CCN(CC)c1ccc2cc(-c3ccc(/C=C/c4ccc(N(c5ccc(/C=C/c6ccc(-c7cc8ccc(N(CC)CC)cc8oc7=O)s6)cc5)c5ccc(-c6ccc(/C=C(/C#N)C(=O)O)s6)cc5)cc4)s3)c(=O)oc2c1. The number of carboxylic acids is 1. The van der Waals surface area contributed by atoms with Crippen molar-refractivity contribution in [3.63, 3.8) is 0 Å². The highest BCUT2D eigenvalue weighted by Crippen LogP contribution is 2.39. The zero-order chi connectivity index (χ0) is 53.6. The van der Waals surface area contributed by atoms with Crippen molar-refractivity contribution in [1.82, 2.24) is 0 Å². The summed E-state index contributed by atoms with van der Waals surface area (Å²) in [7, 11) is 0. The number of hydrogen-bond acceptors (Lipinski definition) is 12. The summed E-state index contributed by atoms with van der Waals surface area (Å²) in [5.41, 5.74) is 9.02. The summed E-state index contributed by atoms with van der Waals surface area (Å²) in [6.45, 7) is 11.9. The molecule has 0 saturated carbocycles. The number of benzene rings is 5. The van der Waals surface area contributed by atoms with E-state index in [0.717, 1.165) is 106 Å². The Labute approximate surface area is 457 Å². The Hall–Kier alpha value is -8.80. The van der Waals surface area contributed by atoms with Gasteiger partial charge in [0.15, 0.2) is 0 Å². The van der Waals surface area contributed by atoms with E-state index in [4.69, 9.17) is 8.83 Å². The van der Waals surface area contributed by atoms with E-state index in [1.807, 2.05) is 84.9 Å². The molecule has 0 radical (unpaired) electrons. The molecule has 0 bridgehead atoms. The molecule has 0 aliphatic rings. The topological polar surface area (TPSA) is 131 Å². The maximum absolute atomic E-state index is 13.2. The maximum atomic E-state index is 13.2. The molecule has 0 saturated heterocycles. The summed E-state index contributed by atoms with van der Waals surface area (Å²) in [5, 5.41) is 20.4. The monoisotopic (exact) mass is 1070 g/mol. The van der Waals surface area contributed by atoms with Crippen LogP contribution >= 0.6 is 34.0 Å². The van der Waals surface area contributed by atoms with Gasteiger partial charge in [-0.15, -0.1) is 34.0 Å². The summed E-state index contributed by atoms with van der Waals surface area (Å²) in [6, 6.07) is 54.2. The molecule has 10 nitrogen and oxygen atoms in total. The molecule has 0 aliphatic heterocycles. The minimum Gasteiger partial charge on any atom is -0.477 e. The van der Waals surface area contributed by atoms with Crippen LogP contribution in [0.25, 0.3) is 83.6 Å². The highest BCUT2D eigenvalue weighted by molar-refractivity contribution is 7.17. The molecule has 0 spiro atoms. The van der Waals surface area contributed by atoms with Gasteiger partial charge in [-0.3, -0.25) is 0 Å². The molecule has 0 amide bonds. The van der Waals surface area contributed by atoms with Crippen LogP contribution in [0.15, 0.2) is 182 Å². The molecule has 0 fully saturated rings. The van der Waals surface area contributed by atoms with Gasteiger partial charge < -0.3 is 28.6 Å². The number of carbonyl (C=O) groups is 1. The molecule has 0 unspecified atom stereocenters. The smallest absolute Gasteiger partial charge is 0.346 e. The van der Waals surface area contributed by atoms with Crippen molar-refractivity contribution in [2.24, 2.45) is 0 Å². The largest absolute Gasteiger partial charge is 0.477 e. The molecule has 0 aliphatic carbocycles. The molecule has 10 aromatic rings. The number of carboxylic acid groups (broad SMARTS) is 1. The second kappa shape index (κ2) is 23.0. The summed E-state index contributed by atoms with van der Waals surface area (Å²) in [5.74, 6) is -1.26. The molecule has 13 heteroatoms. The first-order valence-corrected chi connectivity index (χ1v) is 27.7. The highest BCUT2D eigenvalue weighted by atomic mass is 32.1. The first-order valence-electron chi connectivity index (χ1n) is 25.3. The van der Waals surface area contributed by atoms with Crippen molar-refractivity contribution in [2.45, 2.75) is 27.7 Å². The van der Waals surface area contributed by atoms with Crippen LogP contribution in [0.1, 0.15) is 53.5 Å². The first-order chi connectivity index (χ1) is 37.5. The Balaban J connectivity index is 0.889. The fourth-order valence-electron chi connectivity index (χ4n) is 9.21. The Morgan fingerprint density at radius 3 is 1.34 bits per heavy atom. The third-order valence-electron chi connectivity index (χ3n) is 13.3. The van der Waals surface area contributed by atoms with Crippen LogP contribution < -0.4 is 26.0 Å². The molecular weight excluding hydrogens is 1020 g/mol. The Bertz CT molecular complexity index is 3830. The fraction of sp³-hybridized carbons (Fsp3) is 0.125. The number of thiophene rings is 3. The van der Waals surface area contributed by atoms with Gasteiger partial charge in [0, 0.05) is 107 Å². The van der Waals surface area contributed by atoms with Crippen LogP contribution in [0.3, 0.4) is 0 Å². The van der Waals surface area contributed by atoms with Crippen molar-refractivity contribution in [1.29, 1.82) is 5.26 Å². The normalized spacial score (nSPS) is 11.8. The summed E-state index contributed by atoms with van der Waals surface area (Å²) >= 11 is 4.49. The van der Waals surface area contributed by atoms with Crippen LogP contribution in [0.5, 0.6) is 0 Å². The molecule has 5 aromatic heterocycles. The van der Waals surface area contributed by atoms with Gasteiger partial charge in [-0.05, 0) is 172 Å². The van der Waals surface area contributed by atoms with Gasteiger partial charge in [-0.2, -0.15) is 5.26 Å². The van der Waals surface area contributed by atoms with E-state index < -0.39 is 5.97 Å². The van der Waals surface area contributed by atoms with Gasteiger partial charge >= 0.3 is 17.2 Å². The van der Waals surface area contributed by atoms with Gasteiger partial charge in [0.1, 0.15) is 22.8 Å². The number of rotatable bonds is 18. The molecule has 10 rings (SSSR count). The predicted octanol–water partition coefficient (Wildman–Crippen LogP) is 16.6. The highest BCUT2D eigenvalue weighted by Gasteiger charge is 2.17. The number of anilines is 5. The van der Waals surface area contributed by atoms with E-state index in [9.17, 15) is 24.8 Å². The van der Waals surface area contributed by atoms with Crippen LogP contribution in [0, 0.1) is 11.3 Å². The molecule has 0 atom stereocenters. The Morgan fingerprint density at radius 1 is 0.506 bits per heavy atom. The van der Waals surface area contributed by atoms with Crippen LogP contribution in [-0.2, 0) is 4.79 Å². The molecular formula is C64H52N4O6S3. The number of aliphatic carboxylic acids is 1. The van der Waals surface area contributed by atoms with Crippen molar-refractivity contribution in [2.75, 3.05) is 40.9 Å². The number of nitriles is 1. The number of fused-ring (bicyclic) bond motifs is 2. The van der Waals surface area contributed by atoms with Crippen LogP contribution in [-0.4, -0.2) is 37.3 Å². The molecule has 77 heavy (non-hydrogen) atoms. The molecule has 382 valence electrons. The number of hydrogen-bond donors (Lipinski definition) is 1. The second-order valence-corrected chi connectivity index (χ2v) is 21.3. The lowest BCUT2D eigenvalue weighted by Crippen LogP contribution is -2.21. The Morgan fingerprint density at radius 2 is 0.909 bits per heavy atom. The van der Waals surface area contributed by atoms with E-state index in [-0.39, 0.29) is 16.8 Å². The van der Waals surface area contributed by atoms with Gasteiger partial charge in [0.2, 0.25) is 0 Å². The average molecular weight is 1070 g/mol. The third kappa shape index (κ3) is 11.4. The quantitative estimate of drug-likeness (QED) is 0.0503. The van der Waals surface area contributed by atoms with Crippen molar-refractivity contribution in [3.8, 4) is 37.4 Å². The lowest BCUT2D eigenvalue weighted by atomic mass is 10.1. The van der Waals surface area contributed by atoms with Crippen molar-refractivity contribution >= 4 is 121 Å². The Kier molecular flexibility index (Phi) is 15.4. The van der Waals surface area contributed by atoms with Crippen LogP contribution in [0.4, 0.5) is 28.4 Å². The fourth-order valence-corrected chi connectivity index (χ4v) is 12.0. The van der Waals surface area contributed by atoms with E-state index in [2.05, 4.69) is 139 Å². The molecule has 1 N–H and O–H groups in total. The van der Waals surface area contributed by atoms with E-state index in [1.165, 1.54) is 40.1 Å². The second-order valence-electron chi connectivity index (χ2n) is 18.0. The standard InChI is InChI=1S/C64H52N4O6S3/c1-5-66(6-2)50-25-17-44-36-55(63(71)73-57(44)38-50)60-33-29-52(75-60)27-13-41-9-19-47(20-10-41)68(49-23-15-43(16-24-49)59-32-31-54(77-59)35-46(40-65)62(69)70)48-21-11-42(12-22-48)14-28-53-30-34-61(76-53)56-37-45-18-26-51(67(7-3)8-4)39-58(45)74-64(56)72/h9-39H,5-8H2,1-4H3,(H,69,70)/b27-13+,28-14+,46-35-. The van der Waals surface area contributed by atoms with Gasteiger partial charge in [0.25, 0.3) is 0 Å². The summed E-state index contributed by atoms with van der Waals surface area (Å²) in [6.07, 6.45) is 9.63. The average Bonchev–Trinajstić information content (AvgIpc) is 4.27. The van der Waals surface area contributed by atoms with Gasteiger partial charge in [0.05, 0.1) is 11.1 Å². The van der Waals surface area contributed by atoms with E-state index in [0.29, 0.717) is 27.2 Å². The van der Waals surface area contributed by atoms with Crippen molar-refractivity contribution < 1.29 is 18.7 Å². The van der Waals surface area contributed by atoms with E-state index in [1.54, 1.807) is 6.07 Å². The van der Waals surface area contributed by atoms with Gasteiger partial charge in [-0.1, -0.05) is 48.6 Å². The zero-order valence-electron chi connectivity index (χ0n) is 42.7. The summed E-state index contributed by atoms with van der Waals surface area (Å²) in [4.78, 5) is 49.9. The minimum absolute atomic E-state index is 0.317. The number of nitrogens with zero attached hydrogens (tertiary/aromatic N) is 4. The van der Waals surface area contributed by atoms with Gasteiger partial charge in [-0.25, -0.2) is 14.4 Å². The predicted molar refractivity (Wildman–Crippen MR) is 322 cm³/mol. The molecule has 5 aromatic carbocycles. The van der Waals surface area contributed by atoms with E-state index >= 15 is 0 Å². The summed E-state index contributed by atoms with van der Waals surface area (Å²) < 4.78 is 11.7. The first kappa shape index (κ1) is 51.7. The zero-order valence-corrected chi connectivity index (χ0v) is 45.2. The molecule has 5 heterocycles. The maximum Gasteiger partial charge on any atom is 0.346 e. The minimum atomic E-state index is -1.26. The lowest BCUT2D eigenvalue weighted by molar-refractivity contribution is -0.132. The van der Waals surface area contributed by atoms with Crippen LogP contribution in [0.2, 0.25) is 0 Å². The van der Waals surface area contributed by atoms with Crippen molar-refractivity contribution in [3.05, 3.63) is 210 Å².